The molecule has 0 bridgehead atoms. The monoisotopic (exact) mass is 639 g/mol. The van der Waals surface area contributed by atoms with E-state index in [0.717, 1.165) is 30.0 Å². The maximum absolute atomic E-state index is 15.4. The highest BCUT2D eigenvalue weighted by atomic mass is 32.2. The van der Waals surface area contributed by atoms with Crippen molar-refractivity contribution < 1.29 is 31.1 Å². The van der Waals surface area contributed by atoms with Crippen LogP contribution in [-0.4, -0.2) is 51.8 Å². The zero-order chi connectivity index (χ0) is 30.6. The molecule has 44 heavy (non-hydrogen) atoms. The summed E-state index contributed by atoms with van der Waals surface area (Å²) in [6.45, 7) is 0.769. The number of aromatic nitrogens is 3. The summed E-state index contributed by atoms with van der Waals surface area (Å²) < 4.78 is 74.7. The number of benzene rings is 3. The Labute approximate surface area is 252 Å². The van der Waals surface area contributed by atoms with Gasteiger partial charge >= 0.3 is 5.76 Å². The van der Waals surface area contributed by atoms with Gasteiger partial charge in [0, 0.05) is 67.1 Å². The third-order valence-electron chi connectivity index (χ3n) is 8.06. The smallest absolute Gasteiger partial charge is 0.420 e. The van der Waals surface area contributed by atoms with Gasteiger partial charge in [-0.25, -0.2) is 27.0 Å². The molecule has 15 heteroatoms. The molecule has 0 aliphatic carbocycles. The number of halogens is 2. The van der Waals surface area contributed by atoms with Crippen LogP contribution in [-0.2, 0) is 10.0 Å². The number of fused-ring (bicyclic) bond motifs is 2. The molecular weight excluding hydrogens is 616 g/mol. The van der Waals surface area contributed by atoms with Crippen LogP contribution in [0.25, 0.3) is 11.1 Å². The van der Waals surface area contributed by atoms with Crippen LogP contribution in [0.2, 0.25) is 0 Å². The van der Waals surface area contributed by atoms with E-state index >= 15 is 4.39 Å². The van der Waals surface area contributed by atoms with E-state index in [-0.39, 0.29) is 28.6 Å². The number of piperidine rings is 1. The van der Waals surface area contributed by atoms with Gasteiger partial charge in [0.25, 0.3) is 15.9 Å². The summed E-state index contributed by atoms with van der Waals surface area (Å²) in [5.41, 5.74) is -0.0603. The predicted molar refractivity (Wildman–Crippen MR) is 155 cm³/mol. The molecule has 1 amide bonds. The number of likely N-dealkylation sites (tertiary alicyclic amines) is 1. The normalized spacial score (nSPS) is 17.8. The first-order chi connectivity index (χ1) is 21.1. The SMILES string of the molecule is O=C(c1ccccc1)N1CCC2(CC1)CC(n1c(=O)oc3cc(S(=O)(=O)Nc4ncns4)c(F)cc31)c1cc(F)ccc1O2. The number of anilines is 1. The van der Waals surface area contributed by atoms with Crippen LogP contribution in [0.4, 0.5) is 13.9 Å². The zero-order valence-corrected chi connectivity index (χ0v) is 24.4. The van der Waals surface area contributed by atoms with Gasteiger partial charge in [-0.3, -0.25) is 14.1 Å². The average molecular weight is 640 g/mol. The van der Waals surface area contributed by atoms with Gasteiger partial charge in [0.1, 0.15) is 34.2 Å². The highest BCUT2D eigenvalue weighted by molar-refractivity contribution is 7.93. The maximum Gasteiger partial charge on any atom is 0.420 e. The minimum absolute atomic E-state index is 0.00341. The van der Waals surface area contributed by atoms with Crippen LogP contribution in [0.15, 0.2) is 81.1 Å². The van der Waals surface area contributed by atoms with Crippen molar-refractivity contribution in [1.82, 2.24) is 18.8 Å². The number of sulfonamides is 1. The van der Waals surface area contributed by atoms with E-state index in [1.54, 1.807) is 29.2 Å². The Morgan fingerprint density at radius 1 is 1.07 bits per heavy atom. The first kappa shape index (κ1) is 28.2. The number of nitrogens with zero attached hydrogens (tertiary/aromatic N) is 4. The lowest BCUT2D eigenvalue weighted by Gasteiger charge is -2.47. The highest BCUT2D eigenvalue weighted by Crippen LogP contribution is 2.47. The van der Waals surface area contributed by atoms with Crippen molar-refractivity contribution in [2.75, 3.05) is 17.8 Å². The molecule has 2 aliphatic heterocycles. The minimum Gasteiger partial charge on any atom is -0.487 e. The molecule has 1 N–H and O–H groups in total. The summed E-state index contributed by atoms with van der Waals surface area (Å²) in [6, 6.07) is 13.9. The van der Waals surface area contributed by atoms with E-state index in [0.29, 0.717) is 42.8 Å². The third kappa shape index (κ3) is 4.91. The maximum atomic E-state index is 15.4. The second-order valence-corrected chi connectivity index (χ2v) is 13.1. The Morgan fingerprint density at radius 2 is 1.84 bits per heavy atom. The van der Waals surface area contributed by atoms with Gasteiger partial charge in [0.2, 0.25) is 5.13 Å². The molecule has 2 aromatic heterocycles. The number of oxazole rings is 1. The largest absolute Gasteiger partial charge is 0.487 e. The molecular formula is C29H23F2N5O6S2. The van der Waals surface area contributed by atoms with Crippen LogP contribution in [0.1, 0.15) is 41.2 Å². The fourth-order valence-corrected chi connectivity index (χ4v) is 7.69. The number of amides is 1. The van der Waals surface area contributed by atoms with E-state index < -0.39 is 44.0 Å². The van der Waals surface area contributed by atoms with E-state index in [1.807, 2.05) is 6.07 Å². The molecule has 0 saturated carbocycles. The lowest BCUT2D eigenvalue weighted by atomic mass is 9.80. The first-order valence-corrected chi connectivity index (χ1v) is 15.9. The summed E-state index contributed by atoms with van der Waals surface area (Å²) in [5.74, 6) is -2.31. The Kier molecular flexibility index (Phi) is 6.73. The molecule has 1 saturated heterocycles. The number of carbonyl (C=O) groups is 1. The quantitative estimate of drug-likeness (QED) is 0.295. The third-order valence-corrected chi connectivity index (χ3v) is 10.1. The number of hydrogen-bond acceptors (Lipinski definition) is 9. The number of carbonyl (C=O) groups excluding carboxylic acids is 1. The summed E-state index contributed by atoms with van der Waals surface area (Å²) >= 11 is 0.769. The fraction of sp³-hybridized carbons (Fsp3) is 0.241. The minimum atomic E-state index is -4.43. The zero-order valence-electron chi connectivity index (χ0n) is 22.8. The van der Waals surface area contributed by atoms with E-state index in [4.69, 9.17) is 9.15 Å². The van der Waals surface area contributed by atoms with Crippen molar-refractivity contribution in [3.8, 4) is 5.75 Å². The van der Waals surface area contributed by atoms with Crippen LogP contribution in [0, 0.1) is 11.6 Å². The first-order valence-electron chi connectivity index (χ1n) is 13.6. The van der Waals surface area contributed by atoms with Gasteiger partial charge in [-0.2, -0.15) is 4.37 Å². The average Bonchev–Trinajstić information content (AvgIpc) is 3.63. The summed E-state index contributed by atoms with van der Waals surface area (Å²) in [4.78, 5) is 31.1. The van der Waals surface area contributed by atoms with Crippen molar-refractivity contribution in [2.45, 2.75) is 35.8 Å². The van der Waals surface area contributed by atoms with Crippen LogP contribution >= 0.6 is 11.5 Å². The molecule has 2 aliphatic rings. The lowest BCUT2D eigenvalue weighted by Crippen LogP contribution is -2.52. The highest BCUT2D eigenvalue weighted by Gasteiger charge is 2.46. The van der Waals surface area contributed by atoms with Gasteiger partial charge in [-0.15, -0.1) is 0 Å². The van der Waals surface area contributed by atoms with Gasteiger partial charge < -0.3 is 14.1 Å². The van der Waals surface area contributed by atoms with E-state index in [9.17, 15) is 22.4 Å². The number of hydrogen-bond donors (Lipinski definition) is 1. The van der Waals surface area contributed by atoms with Gasteiger partial charge in [0.15, 0.2) is 5.58 Å². The van der Waals surface area contributed by atoms with Crippen LogP contribution in [0.5, 0.6) is 5.75 Å². The number of rotatable bonds is 5. The molecule has 0 radical (unpaired) electrons. The van der Waals surface area contributed by atoms with Crippen molar-refractivity contribution >= 4 is 43.7 Å². The summed E-state index contributed by atoms with van der Waals surface area (Å²) in [5, 5.41) is -0.0637. The van der Waals surface area contributed by atoms with Gasteiger partial charge in [-0.1, -0.05) is 18.2 Å². The lowest BCUT2D eigenvalue weighted by molar-refractivity contribution is -0.0209. The van der Waals surface area contributed by atoms with E-state index in [2.05, 4.69) is 14.1 Å². The molecule has 226 valence electrons. The number of ether oxygens (including phenoxy) is 1. The molecule has 4 heterocycles. The Bertz CT molecular complexity index is 2060. The molecule has 7 rings (SSSR count). The Hall–Kier alpha value is -4.63. The molecule has 1 unspecified atom stereocenters. The Morgan fingerprint density at radius 3 is 2.57 bits per heavy atom. The standard InChI is InChI=1S/C29H23F2N5O6S2/c30-18-6-7-23-19(12-18)22(15-29(42-23)8-10-35(11-9-29)26(37)17-4-2-1-3-5-17)36-21-13-20(31)25(14-24(21)41-28(36)38)44(39,40)34-27-32-16-33-43-27/h1-7,12-14,16,22H,8-11,15H2,(H,32,33,34). The van der Waals surface area contributed by atoms with E-state index in [1.165, 1.54) is 22.8 Å². The Balaban J connectivity index is 1.25. The van der Waals surface area contributed by atoms with Crippen molar-refractivity contribution in [1.29, 1.82) is 0 Å². The predicted octanol–water partition coefficient (Wildman–Crippen LogP) is 4.57. The van der Waals surface area contributed by atoms with Crippen molar-refractivity contribution in [3.05, 3.63) is 100 Å². The molecule has 11 nitrogen and oxygen atoms in total. The van der Waals surface area contributed by atoms with Gasteiger partial charge in [-0.05, 0) is 30.3 Å². The van der Waals surface area contributed by atoms with Crippen LogP contribution < -0.4 is 15.2 Å². The van der Waals surface area contributed by atoms with Crippen molar-refractivity contribution in [3.63, 3.8) is 0 Å². The van der Waals surface area contributed by atoms with Crippen LogP contribution in [0.3, 0.4) is 0 Å². The topological polar surface area (TPSA) is 137 Å². The molecule has 1 atom stereocenters. The van der Waals surface area contributed by atoms with Crippen molar-refractivity contribution in [2.24, 2.45) is 0 Å². The van der Waals surface area contributed by atoms with Gasteiger partial charge in [0.05, 0.1) is 11.6 Å². The number of nitrogens with one attached hydrogen (secondary N) is 1. The summed E-state index contributed by atoms with van der Waals surface area (Å²) in [7, 11) is -4.43. The molecule has 1 fully saturated rings. The molecule has 3 aromatic carbocycles. The fourth-order valence-electron chi connectivity index (χ4n) is 5.95. The second-order valence-electron chi connectivity index (χ2n) is 10.7. The summed E-state index contributed by atoms with van der Waals surface area (Å²) in [6.07, 6.45) is 2.20. The molecule has 5 aromatic rings. The molecule has 1 spiro atoms. The second kappa shape index (κ2) is 10.5.